The van der Waals surface area contributed by atoms with E-state index in [4.69, 9.17) is 13.9 Å². The van der Waals surface area contributed by atoms with Gasteiger partial charge in [-0.05, 0) is 47.5 Å². The van der Waals surface area contributed by atoms with E-state index in [2.05, 4.69) is 4.98 Å². The maximum atomic E-state index is 13.7. The second-order valence-corrected chi connectivity index (χ2v) is 8.62. The molecule has 0 saturated carbocycles. The molecule has 1 aliphatic rings. The number of benzene rings is 3. The van der Waals surface area contributed by atoms with Crippen molar-refractivity contribution in [1.82, 2.24) is 4.98 Å². The molecule has 0 spiro atoms. The maximum absolute atomic E-state index is 13.7. The molecule has 0 N–H and O–H groups in total. The third kappa shape index (κ3) is 3.90. The first-order valence-corrected chi connectivity index (χ1v) is 11.8. The molecule has 5 aromatic rings. The van der Waals surface area contributed by atoms with E-state index in [1.54, 1.807) is 67.9 Å². The molecule has 2 aromatic heterocycles. The van der Waals surface area contributed by atoms with Crippen molar-refractivity contribution in [2.45, 2.75) is 12.6 Å². The largest absolute Gasteiger partial charge is 0.493 e. The SMILES string of the molecule is COc1cc([C@@H]2c3c(oc4ccccc4c3=O)C(=O)N2c2ccccn2)ccc1OCc1ccccc1. The maximum Gasteiger partial charge on any atom is 0.296 e. The number of hydrogen-bond acceptors (Lipinski definition) is 6. The van der Waals surface area contributed by atoms with E-state index < -0.39 is 11.9 Å². The van der Waals surface area contributed by atoms with Gasteiger partial charge in [-0.2, -0.15) is 0 Å². The van der Waals surface area contributed by atoms with Crippen LogP contribution in [-0.2, 0) is 6.61 Å². The van der Waals surface area contributed by atoms with Gasteiger partial charge in [-0.25, -0.2) is 4.98 Å². The fraction of sp³-hybridized carbons (Fsp3) is 0.100. The standard InChI is InChI=1S/C30H22N2O5/c1-35-24-17-20(14-15-23(24)36-18-19-9-3-2-4-10-19)27-26-28(33)21-11-5-6-12-22(21)37-29(26)30(34)32(27)25-13-7-8-16-31-25/h2-17,27H,18H2,1H3/t27-/m1/s1. The lowest BCUT2D eigenvalue weighted by Crippen LogP contribution is -2.30. The lowest BCUT2D eigenvalue weighted by molar-refractivity contribution is 0.0970. The van der Waals surface area contributed by atoms with Crippen molar-refractivity contribution in [1.29, 1.82) is 0 Å². The summed E-state index contributed by atoms with van der Waals surface area (Å²) in [5.41, 5.74) is 2.08. The molecule has 1 aliphatic heterocycles. The van der Waals surface area contributed by atoms with Crippen LogP contribution in [0.4, 0.5) is 5.82 Å². The van der Waals surface area contributed by atoms with E-state index in [1.165, 1.54) is 4.90 Å². The molecule has 0 saturated heterocycles. The third-order valence-electron chi connectivity index (χ3n) is 6.41. The van der Waals surface area contributed by atoms with Crippen molar-refractivity contribution in [3.05, 3.63) is 130 Å². The molecule has 37 heavy (non-hydrogen) atoms. The lowest BCUT2D eigenvalue weighted by Gasteiger charge is -2.25. The topological polar surface area (TPSA) is 81.9 Å². The van der Waals surface area contributed by atoms with E-state index in [-0.39, 0.29) is 16.8 Å². The van der Waals surface area contributed by atoms with Crippen LogP contribution in [-0.4, -0.2) is 18.0 Å². The van der Waals surface area contributed by atoms with Crippen molar-refractivity contribution in [2.75, 3.05) is 12.0 Å². The molecule has 182 valence electrons. The van der Waals surface area contributed by atoms with Crippen LogP contribution in [0.25, 0.3) is 11.0 Å². The number of pyridine rings is 1. The minimum atomic E-state index is -0.754. The Morgan fingerprint density at radius 1 is 0.892 bits per heavy atom. The van der Waals surface area contributed by atoms with Crippen LogP contribution in [0.2, 0.25) is 0 Å². The Labute approximate surface area is 212 Å². The zero-order valence-corrected chi connectivity index (χ0v) is 20.0. The summed E-state index contributed by atoms with van der Waals surface area (Å²) in [6.45, 7) is 0.372. The third-order valence-corrected chi connectivity index (χ3v) is 6.41. The van der Waals surface area contributed by atoms with Gasteiger partial charge in [0.1, 0.15) is 18.0 Å². The van der Waals surface area contributed by atoms with Gasteiger partial charge in [0.25, 0.3) is 5.91 Å². The zero-order valence-electron chi connectivity index (χ0n) is 20.0. The van der Waals surface area contributed by atoms with E-state index in [0.717, 1.165) is 5.56 Å². The van der Waals surface area contributed by atoms with Crippen LogP contribution in [0.5, 0.6) is 11.5 Å². The molecule has 0 aliphatic carbocycles. The van der Waals surface area contributed by atoms with Crippen molar-refractivity contribution in [2.24, 2.45) is 0 Å². The van der Waals surface area contributed by atoms with Crippen LogP contribution < -0.4 is 19.8 Å². The monoisotopic (exact) mass is 490 g/mol. The molecule has 0 fully saturated rings. The van der Waals surface area contributed by atoms with Gasteiger partial charge in [-0.3, -0.25) is 14.5 Å². The van der Waals surface area contributed by atoms with Crippen LogP contribution in [0, 0.1) is 0 Å². The van der Waals surface area contributed by atoms with Gasteiger partial charge in [-0.15, -0.1) is 0 Å². The van der Waals surface area contributed by atoms with Gasteiger partial charge in [0.2, 0.25) is 5.76 Å². The Bertz CT molecular complexity index is 1660. The smallest absolute Gasteiger partial charge is 0.296 e. The van der Waals surface area contributed by atoms with Crippen molar-refractivity contribution >= 4 is 22.7 Å². The molecule has 3 heterocycles. The number of nitrogens with zero attached hydrogens (tertiary/aromatic N) is 2. The predicted molar refractivity (Wildman–Crippen MR) is 139 cm³/mol. The molecule has 0 bridgehead atoms. The molecular formula is C30H22N2O5. The van der Waals surface area contributed by atoms with Crippen LogP contribution in [0.3, 0.4) is 0 Å². The molecule has 6 rings (SSSR count). The van der Waals surface area contributed by atoms with Gasteiger partial charge in [0.15, 0.2) is 16.9 Å². The Balaban J connectivity index is 1.48. The van der Waals surface area contributed by atoms with Gasteiger partial charge in [-0.1, -0.05) is 54.6 Å². The van der Waals surface area contributed by atoms with E-state index in [0.29, 0.717) is 40.5 Å². The first-order chi connectivity index (χ1) is 18.2. The molecular weight excluding hydrogens is 468 g/mol. The summed E-state index contributed by atoms with van der Waals surface area (Å²) in [6.07, 6.45) is 1.61. The minimum Gasteiger partial charge on any atom is -0.493 e. The van der Waals surface area contributed by atoms with Gasteiger partial charge < -0.3 is 13.9 Å². The summed E-state index contributed by atoms with van der Waals surface area (Å²) in [6, 6.07) is 26.7. The molecule has 0 radical (unpaired) electrons. The predicted octanol–water partition coefficient (Wildman–Crippen LogP) is 5.53. The fourth-order valence-corrected chi connectivity index (χ4v) is 4.68. The highest BCUT2D eigenvalue weighted by Gasteiger charge is 2.44. The molecule has 1 atom stereocenters. The van der Waals surface area contributed by atoms with Crippen molar-refractivity contribution in [3.8, 4) is 11.5 Å². The highest BCUT2D eigenvalue weighted by molar-refractivity contribution is 6.10. The van der Waals surface area contributed by atoms with Crippen LogP contribution in [0.15, 0.2) is 106 Å². The summed E-state index contributed by atoms with van der Waals surface area (Å²) in [4.78, 5) is 33.2. The molecule has 7 heteroatoms. The van der Waals surface area contributed by atoms with Crippen molar-refractivity contribution in [3.63, 3.8) is 0 Å². The van der Waals surface area contributed by atoms with Crippen LogP contribution in [0.1, 0.15) is 33.3 Å². The van der Waals surface area contributed by atoms with Gasteiger partial charge >= 0.3 is 0 Å². The average molecular weight is 491 g/mol. The summed E-state index contributed by atoms with van der Waals surface area (Å²) in [5.74, 6) is 1.04. The van der Waals surface area contributed by atoms with E-state index in [1.807, 2.05) is 36.4 Å². The Morgan fingerprint density at radius 2 is 1.68 bits per heavy atom. The second kappa shape index (κ2) is 9.28. The second-order valence-electron chi connectivity index (χ2n) is 8.62. The fourth-order valence-electron chi connectivity index (χ4n) is 4.68. The molecule has 7 nitrogen and oxygen atoms in total. The molecule has 0 unspecified atom stereocenters. The number of carbonyl (C=O) groups is 1. The number of para-hydroxylation sites is 1. The number of rotatable bonds is 6. The number of hydrogen-bond donors (Lipinski definition) is 0. The average Bonchev–Trinajstić information content (AvgIpc) is 3.25. The number of fused-ring (bicyclic) bond motifs is 2. The summed E-state index contributed by atoms with van der Waals surface area (Å²) in [7, 11) is 1.56. The quantitative estimate of drug-likeness (QED) is 0.312. The van der Waals surface area contributed by atoms with Crippen LogP contribution >= 0.6 is 0 Å². The van der Waals surface area contributed by atoms with Gasteiger partial charge in [0, 0.05) is 6.20 Å². The molecule has 1 amide bonds. The summed E-state index contributed by atoms with van der Waals surface area (Å²) < 4.78 is 17.7. The van der Waals surface area contributed by atoms with Gasteiger partial charge in [0.05, 0.1) is 24.1 Å². The summed E-state index contributed by atoms with van der Waals surface area (Å²) in [5, 5.41) is 0.414. The first kappa shape index (κ1) is 22.5. The highest BCUT2D eigenvalue weighted by atomic mass is 16.5. The Hall–Kier alpha value is -4.91. The Kier molecular flexibility index (Phi) is 5.65. The molecule has 3 aromatic carbocycles. The number of ether oxygens (including phenoxy) is 2. The number of amides is 1. The first-order valence-electron chi connectivity index (χ1n) is 11.8. The Morgan fingerprint density at radius 3 is 2.46 bits per heavy atom. The minimum absolute atomic E-state index is 0.0164. The van der Waals surface area contributed by atoms with E-state index in [9.17, 15) is 9.59 Å². The number of methoxy groups -OCH3 is 1. The zero-order chi connectivity index (χ0) is 25.4. The summed E-state index contributed by atoms with van der Waals surface area (Å²) >= 11 is 0. The number of anilines is 1. The number of carbonyl (C=O) groups excluding carboxylic acids is 1. The normalized spacial score (nSPS) is 14.6. The lowest BCUT2D eigenvalue weighted by atomic mass is 9.98. The van der Waals surface area contributed by atoms with Crippen molar-refractivity contribution < 1.29 is 18.7 Å². The highest BCUT2D eigenvalue weighted by Crippen LogP contribution is 2.42. The van der Waals surface area contributed by atoms with E-state index >= 15 is 0 Å². The number of aromatic nitrogens is 1.